The number of rotatable bonds is 5. The fraction of sp³-hybridized carbons (Fsp3) is 1.00. The molecule has 2 bridgehead atoms. The maximum Gasteiger partial charge on any atom is 0.186 e. The second kappa shape index (κ2) is 8.62. The van der Waals surface area contributed by atoms with Gasteiger partial charge in [-0.25, -0.2) is 0 Å². The Hall–Kier alpha value is -0.320. The molecule has 0 amide bonds. The summed E-state index contributed by atoms with van der Waals surface area (Å²) in [6.07, 6.45) is 2.91. The molecule has 6 N–H and O–H groups in total. The normalized spacial score (nSPS) is 57.2. The number of hydrogen-bond donors (Lipinski definition) is 6. The van der Waals surface area contributed by atoms with Crippen molar-refractivity contribution in [3.8, 4) is 0 Å². The van der Waals surface area contributed by atoms with Crippen molar-refractivity contribution in [2.75, 3.05) is 19.8 Å². The maximum absolute atomic E-state index is 11.2. The predicted octanol–water partition coefficient (Wildman–Crippen LogP) is 0.939. The van der Waals surface area contributed by atoms with Crippen molar-refractivity contribution in [3.63, 3.8) is 0 Å². The van der Waals surface area contributed by atoms with Crippen molar-refractivity contribution in [3.05, 3.63) is 0 Å². The number of ether oxygens (including phenoxy) is 2. The van der Waals surface area contributed by atoms with Gasteiger partial charge in [-0.3, -0.25) is 0 Å². The predicted molar refractivity (Wildman–Crippen MR) is 122 cm³/mol. The molecule has 0 aromatic heterocycles. The van der Waals surface area contributed by atoms with E-state index in [1.807, 2.05) is 0 Å². The van der Waals surface area contributed by atoms with Crippen molar-refractivity contribution in [2.24, 2.45) is 34.0 Å². The summed E-state index contributed by atoms with van der Waals surface area (Å²) in [5.41, 5.74) is -0.823. The monoisotopic (exact) mass is 484 g/mol. The van der Waals surface area contributed by atoms with Gasteiger partial charge in [0.2, 0.25) is 0 Å². The van der Waals surface area contributed by atoms with Crippen molar-refractivity contribution in [1.29, 1.82) is 0 Å². The van der Waals surface area contributed by atoms with Crippen molar-refractivity contribution in [1.82, 2.24) is 0 Å². The second-order valence-electron chi connectivity index (χ2n) is 12.9. The molecule has 4 saturated carbocycles. The molecule has 12 atom stereocenters. The molecule has 1 heterocycles. The zero-order chi connectivity index (χ0) is 24.5. The molecule has 0 aromatic rings. The molecule has 34 heavy (non-hydrogen) atoms. The summed E-state index contributed by atoms with van der Waals surface area (Å²) in [6, 6.07) is 0. The molecule has 0 radical (unpaired) electrons. The Balaban J connectivity index is 1.34. The molecule has 4 aliphatic carbocycles. The van der Waals surface area contributed by atoms with Crippen LogP contribution in [-0.4, -0.2) is 86.8 Å². The fourth-order valence-electron chi connectivity index (χ4n) is 9.59. The van der Waals surface area contributed by atoms with Gasteiger partial charge in [0.15, 0.2) is 6.29 Å². The zero-order valence-corrected chi connectivity index (χ0v) is 20.6. The zero-order valence-electron chi connectivity index (χ0n) is 20.6. The summed E-state index contributed by atoms with van der Waals surface area (Å²) in [5.74, 6) is 1.15. The number of aliphatic hydroxyl groups is 6. The van der Waals surface area contributed by atoms with Crippen LogP contribution in [0.3, 0.4) is 0 Å². The first-order valence-electron chi connectivity index (χ1n) is 13.3. The highest BCUT2D eigenvalue weighted by atomic mass is 16.7. The van der Waals surface area contributed by atoms with Gasteiger partial charge in [-0.15, -0.1) is 0 Å². The van der Waals surface area contributed by atoms with E-state index in [9.17, 15) is 30.6 Å². The Morgan fingerprint density at radius 3 is 2.38 bits per heavy atom. The second-order valence-corrected chi connectivity index (χ2v) is 12.9. The Morgan fingerprint density at radius 1 is 0.912 bits per heavy atom. The standard InChI is InChI=1S/C26H44O8/c1-23(14-33-22-21(31)20(30)19(29)16(11-27)34-22)7-3-8-24(2)17(23)6-9-25-10-15(4-5-18(24)25)26(32,12-25)13-28/h15-22,27-32H,3-14H2,1-2H3/t15-,16-,17-,18-,19-,20+,21-,22-,23-,24-,25+,26+/m1/s1. The van der Waals surface area contributed by atoms with Crippen LogP contribution < -0.4 is 0 Å². The van der Waals surface area contributed by atoms with Crippen LogP contribution in [0.4, 0.5) is 0 Å². The highest BCUT2D eigenvalue weighted by Gasteiger charge is 2.67. The van der Waals surface area contributed by atoms with Crippen molar-refractivity contribution < 1.29 is 40.1 Å². The summed E-state index contributed by atoms with van der Waals surface area (Å²) in [5, 5.41) is 61.3. The number of hydrogen-bond acceptors (Lipinski definition) is 8. The summed E-state index contributed by atoms with van der Waals surface area (Å²) in [7, 11) is 0. The van der Waals surface area contributed by atoms with E-state index in [4.69, 9.17) is 9.47 Å². The fourth-order valence-corrected chi connectivity index (χ4v) is 9.59. The lowest BCUT2D eigenvalue weighted by molar-refractivity contribution is -0.310. The Kier molecular flexibility index (Phi) is 6.42. The van der Waals surface area contributed by atoms with Crippen LogP contribution in [0.25, 0.3) is 0 Å². The lowest BCUT2D eigenvalue weighted by Crippen LogP contribution is -2.60. The molecule has 5 aliphatic rings. The first kappa shape index (κ1) is 25.3. The van der Waals surface area contributed by atoms with Crippen LogP contribution >= 0.6 is 0 Å². The van der Waals surface area contributed by atoms with Crippen LogP contribution in [0, 0.1) is 34.0 Å². The minimum absolute atomic E-state index is 0.113. The minimum Gasteiger partial charge on any atom is -0.394 e. The maximum atomic E-state index is 11.2. The van der Waals surface area contributed by atoms with Gasteiger partial charge in [-0.2, -0.15) is 0 Å². The lowest BCUT2D eigenvalue weighted by atomic mass is 9.41. The number of fused-ring (bicyclic) bond motifs is 3. The molecule has 5 rings (SSSR count). The molecule has 5 fully saturated rings. The van der Waals surface area contributed by atoms with Gasteiger partial charge < -0.3 is 40.1 Å². The average molecular weight is 485 g/mol. The highest BCUT2D eigenvalue weighted by Crippen LogP contribution is 2.72. The minimum atomic E-state index is -1.43. The Bertz CT molecular complexity index is 763. The van der Waals surface area contributed by atoms with E-state index in [2.05, 4.69) is 13.8 Å². The van der Waals surface area contributed by atoms with E-state index in [1.54, 1.807) is 0 Å². The smallest absolute Gasteiger partial charge is 0.186 e. The molecule has 8 heteroatoms. The molecule has 8 nitrogen and oxygen atoms in total. The molecule has 1 saturated heterocycles. The van der Waals surface area contributed by atoms with Crippen LogP contribution in [-0.2, 0) is 9.47 Å². The van der Waals surface area contributed by atoms with E-state index in [-0.39, 0.29) is 28.8 Å². The molecule has 0 unspecified atom stereocenters. The van der Waals surface area contributed by atoms with Crippen LogP contribution in [0.1, 0.15) is 71.6 Å². The summed E-state index contributed by atoms with van der Waals surface area (Å²) < 4.78 is 11.7. The third-order valence-electron chi connectivity index (χ3n) is 11.1. The third kappa shape index (κ3) is 3.63. The Morgan fingerprint density at radius 2 is 1.68 bits per heavy atom. The average Bonchev–Trinajstić information content (AvgIpc) is 3.02. The van der Waals surface area contributed by atoms with Gasteiger partial charge in [0, 0.05) is 0 Å². The van der Waals surface area contributed by atoms with Gasteiger partial charge >= 0.3 is 0 Å². The first-order chi connectivity index (χ1) is 16.0. The summed E-state index contributed by atoms with van der Waals surface area (Å²) in [4.78, 5) is 0. The van der Waals surface area contributed by atoms with E-state index in [0.717, 1.165) is 51.4 Å². The first-order valence-corrected chi connectivity index (χ1v) is 13.3. The molecule has 0 aromatic carbocycles. The van der Waals surface area contributed by atoms with Gasteiger partial charge in [0.05, 0.1) is 25.4 Å². The van der Waals surface area contributed by atoms with Crippen LogP contribution in [0.15, 0.2) is 0 Å². The van der Waals surface area contributed by atoms with Crippen molar-refractivity contribution >= 4 is 0 Å². The number of aliphatic hydroxyl groups excluding tert-OH is 5. The highest BCUT2D eigenvalue weighted by molar-refractivity contribution is 5.17. The van der Waals surface area contributed by atoms with E-state index in [1.165, 1.54) is 0 Å². The molecule has 1 spiro atoms. The molecule has 1 aliphatic heterocycles. The van der Waals surface area contributed by atoms with Crippen molar-refractivity contribution in [2.45, 2.75) is 108 Å². The molecule has 196 valence electrons. The SMILES string of the molecule is C[C@]1(CO[C@@H]2O[C@H](CO)[C@@H](O)[C@H](O)[C@H]2O)CCC[C@]2(C)[C@@H]1CC[C@@]13C[C@@H](CC[C@@H]12)[C@@](O)(CO)C3. The van der Waals surface area contributed by atoms with E-state index >= 15 is 0 Å². The van der Waals surface area contributed by atoms with Gasteiger partial charge in [0.1, 0.15) is 24.4 Å². The van der Waals surface area contributed by atoms with E-state index < -0.39 is 42.9 Å². The lowest BCUT2D eigenvalue weighted by Gasteiger charge is -2.64. The van der Waals surface area contributed by atoms with E-state index in [0.29, 0.717) is 24.9 Å². The third-order valence-corrected chi connectivity index (χ3v) is 11.1. The van der Waals surface area contributed by atoms with Gasteiger partial charge in [-0.1, -0.05) is 20.3 Å². The molecular weight excluding hydrogens is 440 g/mol. The van der Waals surface area contributed by atoms with Crippen LogP contribution in [0.2, 0.25) is 0 Å². The Labute approximate surface area is 202 Å². The quantitative estimate of drug-likeness (QED) is 0.339. The molecular formula is C26H44O8. The van der Waals surface area contributed by atoms with Gasteiger partial charge in [0.25, 0.3) is 0 Å². The largest absolute Gasteiger partial charge is 0.394 e. The van der Waals surface area contributed by atoms with Crippen LogP contribution in [0.5, 0.6) is 0 Å². The van der Waals surface area contributed by atoms with Gasteiger partial charge in [-0.05, 0) is 85.4 Å². The topological polar surface area (TPSA) is 140 Å². The summed E-state index contributed by atoms with van der Waals surface area (Å²) >= 11 is 0. The summed E-state index contributed by atoms with van der Waals surface area (Å²) in [6.45, 7) is 4.47.